The number of amides is 1. The number of carbonyl (C=O) groups is 1. The van der Waals surface area contributed by atoms with Crippen molar-refractivity contribution in [3.63, 3.8) is 0 Å². The predicted octanol–water partition coefficient (Wildman–Crippen LogP) is 0.977. The molecule has 1 amide bonds. The Morgan fingerprint density at radius 1 is 1.41 bits per heavy atom. The highest BCUT2D eigenvalue weighted by molar-refractivity contribution is 6.29. The molecule has 0 fully saturated rings. The Balaban J connectivity index is 2.18. The zero-order chi connectivity index (χ0) is 12.3. The first-order valence-electron chi connectivity index (χ1n) is 4.43. The van der Waals surface area contributed by atoms with Crippen molar-refractivity contribution < 1.29 is 4.79 Å². The van der Waals surface area contributed by atoms with Gasteiger partial charge >= 0.3 is 0 Å². The summed E-state index contributed by atoms with van der Waals surface area (Å²) in [5, 5.41) is 17.5. The van der Waals surface area contributed by atoms with Gasteiger partial charge in [0.05, 0.1) is 18.6 Å². The van der Waals surface area contributed by atoms with E-state index in [4.69, 9.17) is 16.9 Å². The summed E-state index contributed by atoms with van der Waals surface area (Å²) in [6, 6.07) is 1.88. The minimum absolute atomic E-state index is 0.0906. The normalized spacial score (nSPS) is 9.65. The van der Waals surface area contributed by atoms with Gasteiger partial charge < -0.3 is 5.32 Å². The van der Waals surface area contributed by atoms with Gasteiger partial charge in [-0.25, -0.2) is 9.97 Å². The molecule has 0 unspecified atom stereocenters. The first kappa shape index (κ1) is 11.0. The maximum Gasteiger partial charge on any atom is 0.277 e. The van der Waals surface area contributed by atoms with Crippen molar-refractivity contribution in [1.82, 2.24) is 20.2 Å². The largest absolute Gasteiger partial charge is 0.304 e. The molecule has 2 rings (SSSR count). The molecule has 0 spiro atoms. The van der Waals surface area contributed by atoms with E-state index in [1.165, 1.54) is 18.6 Å². The number of anilines is 1. The maximum absolute atomic E-state index is 11.7. The highest BCUT2D eigenvalue weighted by Crippen LogP contribution is 2.10. The van der Waals surface area contributed by atoms with Crippen molar-refractivity contribution in [1.29, 1.82) is 5.26 Å². The van der Waals surface area contributed by atoms with E-state index in [9.17, 15) is 4.79 Å². The SMILES string of the molecule is N#Cc1cn[nH]c1NC(=O)c1cnc(Cl)cn1. The molecular weight excluding hydrogens is 244 g/mol. The van der Waals surface area contributed by atoms with Gasteiger partial charge in [0.2, 0.25) is 0 Å². The second kappa shape index (κ2) is 4.59. The van der Waals surface area contributed by atoms with E-state index >= 15 is 0 Å². The molecular formula is C9H5ClN6O. The number of nitrogens with one attached hydrogen (secondary N) is 2. The molecule has 2 aromatic rings. The molecule has 0 aliphatic heterocycles. The lowest BCUT2D eigenvalue weighted by atomic mass is 10.3. The van der Waals surface area contributed by atoms with Crippen molar-refractivity contribution >= 4 is 23.3 Å². The van der Waals surface area contributed by atoms with Crippen LogP contribution in [0.4, 0.5) is 5.82 Å². The van der Waals surface area contributed by atoms with E-state index in [2.05, 4.69) is 25.5 Å². The Kier molecular flexibility index (Phi) is 2.98. The van der Waals surface area contributed by atoms with E-state index in [0.29, 0.717) is 0 Å². The minimum atomic E-state index is -0.505. The molecule has 2 N–H and O–H groups in total. The van der Waals surface area contributed by atoms with E-state index < -0.39 is 5.91 Å². The summed E-state index contributed by atoms with van der Waals surface area (Å²) in [5.41, 5.74) is 0.327. The first-order valence-corrected chi connectivity index (χ1v) is 4.81. The standard InChI is InChI=1S/C9H5ClN6O/c10-7-4-12-6(3-13-7)9(17)15-8-5(1-11)2-14-16-8/h2-4H,(H2,14,15,16,17). The van der Waals surface area contributed by atoms with Gasteiger partial charge in [-0.15, -0.1) is 0 Å². The second-order valence-corrected chi connectivity index (χ2v) is 3.34. The zero-order valence-electron chi connectivity index (χ0n) is 8.31. The average molecular weight is 249 g/mol. The monoisotopic (exact) mass is 248 g/mol. The summed E-state index contributed by atoms with van der Waals surface area (Å²) in [6.45, 7) is 0. The Morgan fingerprint density at radius 3 is 2.88 bits per heavy atom. The lowest BCUT2D eigenvalue weighted by molar-refractivity contribution is 0.102. The number of halogens is 1. The Bertz CT molecular complexity index is 584. The molecule has 0 aliphatic rings. The second-order valence-electron chi connectivity index (χ2n) is 2.95. The van der Waals surface area contributed by atoms with Gasteiger partial charge in [0.1, 0.15) is 28.3 Å². The van der Waals surface area contributed by atoms with Crippen LogP contribution < -0.4 is 5.32 Å². The van der Waals surface area contributed by atoms with Gasteiger partial charge in [-0.2, -0.15) is 10.4 Å². The fourth-order valence-electron chi connectivity index (χ4n) is 1.07. The summed E-state index contributed by atoms with van der Waals surface area (Å²) in [5.74, 6) is -0.288. The van der Waals surface area contributed by atoms with Crippen LogP contribution in [0.2, 0.25) is 5.15 Å². The number of hydrogen-bond acceptors (Lipinski definition) is 5. The molecule has 2 aromatic heterocycles. The number of hydrogen-bond donors (Lipinski definition) is 2. The average Bonchev–Trinajstić information content (AvgIpc) is 2.77. The van der Waals surface area contributed by atoms with Gasteiger partial charge in [0, 0.05) is 0 Å². The summed E-state index contributed by atoms with van der Waals surface area (Å²) < 4.78 is 0. The predicted molar refractivity (Wildman–Crippen MR) is 58.3 cm³/mol. The van der Waals surface area contributed by atoms with Crippen LogP contribution >= 0.6 is 11.6 Å². The molecule has 0 atom stereocenters. The fourth-order valence-corrected chi connectivity index (χ4v) is 1.17. The topological polar surface area (TPSA) is 107 Å². The molecule has 2 heterocycles. The van der Waals surface area contributed by atoms with Gasteiger partial charge in [-0.3, -0.25) is 9.89 Å². The number of nitrogens with zero attached hydrogens (tertiary/aromatic N) is 4. The number of H-pyrrole nitrogens is 1. The Hall–Kier alpha value is -2.46. The van der Waals surface area contributed by atoms with Gasteiger partial charge in [-0.05, 0) is 0 Å². The minimum Gasteiger partial charge on any atom is -0.304 e. The van der Waals surface area contributed by atoms with Crippen LogP contribution in [0.5, 0.6) is 0 Å². The molecule has 0 bridgehead atoms. The summed E-state index contributed by atoms with van der Waals surface area (Å²) >= 11 is 5.54. The zero-order valence-corrected chi connectivity index (χ0v) is 9.06. The van der Waals surface area contributed by atoms with Crippen LogP contribution in [0.1, 0.15) is 16.1 Å². The van der Waals surface area contributed by atoms with Gasteiger partial charge in [0.15, 0.2) is 0 Å². The van der Waals surface area contributed by atoms with Gasteiger partial charge in [0.25, 0.3) is 5.91 Å². The van der Waals surface area contributed by atoms with Crippen molar-refractivity contribution in [3.8, 4) is 6.07 Å². The van der Waals surface area contributed by atoms with Crippen LogP contribution in [0.3, 0.4) is 0 Å². The van der Waals surface area contributed by atoms with E-state index in [0.717, 1.165) is 0 Å². The summed E-state index contributed by atoms with van der Waals surface area (Å²) in [6.07, 6.45) is 3.80. The van der Waals surface area contributed by atoms with E-state index in [1.807, 2.05) is 6.07 Å². The van der Waals surface area contributed by atoms with Crippen LogP contribution in [0.15, 0.2) is 18.6 Å². The van der Waals surface area contributed by atoms with Crippen LogP contribution in [0.25, 0.3) is 0 Å². The number of carbonyl (C=O) groups excluding carboxylic acids is 1. The van der Waals surface area contributed by atoms with Crippen molar-refractivity contribution in [2.45, 2.75) is 0 Å². The van der Waals surface area contributed by atoms with Crippen molar-refractivity contribution in [2.75, 3.05) is 5.32 Å². The molecule has 0 aliphatic carbocycles. The van der Waals surface area contributed by atoms with E-state index in [1.54, 1.807) is 0 Å². The molecule has 17 heavy (non-hydrogen) atoms. The number of aromatic amines is 1. The maximum atomic E-state index is 11.7. The molecule has 0 saturated carbocycles. The Morgan fingerprint density at radius 2 is 2.24 bits per heavy atom. The molecule has 0 saturated heterocycles. The smallest absolute Gasteiger partial charge is 0.277 e. The molecule has 7 nitrogen and oxygen atoms in total. The number of aromatic nitrogens is 4. The lowest BCUT2D eigenvalue weighted by Crippen LogP contribution is -2.14. The Labute approximate surface area is 100 Å². The third kappa shape index (κ3) is 2.38. The highest BCUT2D eigenvalue weighted by Gasteiger charge is 2.12. The fraction of sp³-hybridized carbons (Fsp3) is 0. The third-order valence-corrected chi connectivity index (χ3v) is 2.05. The van der Waals surface area contributed by atoms with Crippen LogP contribution in [-0.2, 0) is 0 Å². The molecule has 84 valence electrons. The van der Waals surface area contributed by atoms with Crippen molar-refractivity contribution in [2.24, 2.45) is 0 Å². The van der Waals surface area contributed by atoms with Crippen LogP contribution in [0, 0.1) is 11.3 Å². The molecule has 0 aromatic carbocycles. The quantitative estimate of drug-likeness (QED) is 0.824. The van der Waals surface area contributed by atoms with Gasteiger partial charge in [-0.1, -0.05) is 11.6 Å². The lowest BCUT2D eigenvalue weighted by Gasteiger charge is -2.01. The summed E-state index contributed by atoms with van der Waals surface area (Å²) in [7, 11) is 0. The van der Waals surface area contributed by atoms with Crippen LogP contribution in [-0.4, -0.2) is 26.1 Å². The van der Waals surface area contributed by atoms with Crippen molar-refractivity contribution in [3.05, 3.63) is 35.0 Å². The first-order chi connectivity index (χ1) is 8.20. The summed E-state index contributed by atoms with van der Waals surface area (Å²) in [4.78, 5) is 19.2. The van der Waals surface area contributed by atoms with E-state index in [-0.39, 0.29) is 22.2 Å². The molecule has 0 radical (unpaired) electrons. The number of rotatable bonds is 2. The molecule has 8 heteroatoms. The highest BCUT2D eigenvalue weighted by atomic mass is 35.5. The number of nitriles is 1. The third-order valence-electron chi connectivity index (χ3n) is 1.85.